The monoisotopic (exact) mass is 273 g/mol. The summed E-state index contributed by atoms with van der Waals surface area (Å²) >= 11 is 0. The number of aromatic amines is 1. The number of ether oxygens (including phenoxy) is 1. The fourth-order valence-corrected chi connectivity index (χ4v) is 2.66. The first-order valence-corrected chi connectivity index (χ1v) is 6.82. The van der Waals surface area contributed by atoms with Crippen molar-refractivity contribution < 1.29 is 4.74 Å². The number of aromatic nitrogens is 1. The Labute approximate surface area is 117 Å². The average molecular weight is 273 g/mol. The molecule has 1 aliphatic rings. The third-order valence-corrected chi connectivity index (χ3v) is 3.93. The topological polar surface area (TPSA) is 48.6 Å². The maximum Gasteiger partial charge on any atom is 0.255 e. The zero-order valence-electron chi connectivity index (χ0n) is 11.8. The van der Waals surface area contributed by atoms with Crippen molar-refractivity contribution in [2.24, 2.45) is 0 Å². The van der Waals surface area contributed by atoms with E-state index in [0.29, 0.717) is 5.39 Å². The van der Waals surface area contributed by atoms with Crippen LogP contribution < -0.4 is 15.2 Å². The highest BCUT2D eigenvalue weighted by Gasteiger charge is 2.17. The number of piperazine rings is 1. The minimum absolute atomic E-state index is 0.0551. The molecule has 1 aromatic carbocycles. The first kappa shape index (κ1) is 13.0. The standard InChI is InChI=1S/C15H19N3O2/c1-17-5-7-18(8-6-17)14-10-16-15(19)12-4-3-11(20-2)9-13(12)14/h3-4,9-10H,5-8H2,1-2H3,(H,16,19). The molecule has 0 bridgehead atoms. The van der Waals surface area contributed by atoms with Crippen LogP contribution in [0.4, 0.5) is 5.69 Å². The van der Waals surface area contributed by atoms with Gasteiger partial charge in [-0.2, -0.15) is 0 Å². The van der Waals surface area contributed by atoms with E-state index in [1.165, 1.54) is 0 Å². The van der Waals surface area contributed by atoms with E-state index >= 15 is 0 Å². The number of hydrogen-bond donors (Lipinski definition) is 1. The number of nitrogens with one attached hydrogen (secondary N) is 1. The first-order chi connectivity index (χ1) is 9.69. The van der Waals surface area contributed by atoms with Crippen molar-refractivity contribution in [1.82, 2.24) is 9.88 Å². The highest BCUT2D eigenvalue weighted by molar-refractivity contribution is 5.94. The zero-order chi connectivity index (χ0) is 14.1. The number of anilines is 1. The average Bonchev–Trinajstić information content (AvgIpc) is 2.48. The molecule has 0 atom stereocenters. The van der Waals surface area contributed by atoms with Gasteiger partial charge in [0.25, 0.3) is 5.56 Å². The van der Waals surface area contributed by atoms with Crippen molar-refractivity contribution in [1.29, 1.82) is 0 Å². The van der Waals surface area contributed by atoms with E-state index in [2.05, 4.69) is 21.8 Å². The number of hydrogen-bond acceptors (Lipinski definition) is 4. The van der Waals surface area contributed by atoms with Gasteiger partial charge < -0.3 is 19.5 Å². The van der Waals surface area contributed by atoms with Crippen LogP contribution >= 0.6 is 0 Å². The number of H-pyrrole nitrogens is 1. The van der Waals surface area contributed by atoms with Gasteiger partial charge in [0.15, 0.2) is 0 Å². The number of rotatable bonds is 2. The number of benzene rings is 1. The van der Waals surface area contributed by atoms with Crippen LogP contribution in [0.25, 0.3) is 10.8 Å². The van der Waals surface area contributed by atoms with Crippen LogP contribution in [0, 0.1) is 0 Å². The van der Waals surface area contributed by atoms with Gasteiger partial charge in [0.05, 0.1) is 12.8 Å². The van der Waals surface area contributed by atoms with Gasteiger partial charge in [0.1, 0.15) is 5.75 Å². The van der Waals surface area contributed by atoms with Crippen LogP contribution in [0.15, 0.2) is 29.2 Å². The molecule has 0 saturated carbocycles. The smallest absolute Gasteiger partial charge is 0.255 e. The summed E-state index contributed by atoms with van der Waals surface area (Å²) in [5.74, 6) is 0.776. The van der Waals surface area contributed by atoms with Gasteiger partial charge in [-0.1, -0.05) is 0 Å². The van der Waals surface area contributed by atoms with Gasteiger partial charge >= 0.3 is 0 Å². The normalized spacial score (nSPS) is 16.6. The molecule has 0 amide bonds. The van der Waals surface area contributed by atoms with E-state index in [0.717, 1.165) is 43.0 Å². The molecular weight excluding hydrogens is 254 g/mol. The second-order valence-corrected chi connectivity index (χ2v) is 5.20. The molecule has 5 nitrogen and oxygen atoms in total. The van der Waals surface area contributed by atoms with Gasteiger partial charge in [0.2, 0.25) is 0 Å². The molecule has 1 aliphatic heterocycles. The molecule has 1 N–H and O–H groups in total. The molecule has 5 heteroatoms. The lowest BCUT2D eigenvalue weighted by Crippen LogP contribution is -2.44. The number of fused-ring (bicyclic) bond motifs is 1. The van der Waals surface area contributed by atoms with Gasteiger partial charge in [-0.15, -0.1) is 0 Å². The molecule has 20 heavy (non-hydrogen) atoms. The predicted octanol–water partition coefficient (Wildman–Crippen LogP) is 1.29. The Kier molecular flexibility index (Phi) is 3.36. The molecule has 2 heterocycles. The van der Waals surface area contributed by atoms with Crippen molar-refractivity contribution in [3.05, 3.63) is 34.7 Å². The minimum atomic E-state index is -0.0551. The molecule has 0 spiro atoms. The van der Waals surface area contributed by atoms with E-state index in [1.54, 1.807) is 7.11 Å². The molecule has 1 aromatic heterocycles. The Hall–Kier alpha value is -2.01. The lowest BCUT2D eigenvalue weighted by atomic mass is 10.1. The second kappa shape index (κ2) is 5.17. The van der Waals surface area contributed by atoms with Crippen molar-refractivity contribution >= 4 is 16.5 Å². The molecule has 0 aliphatic carbocycles. The highest BCUT2D eigenvalue weighted by atomic mass is 16.5. The molecule has 2 aromatic rings. The quantitative estimate of drug-likeness (QED) is 0.895. The summed E-state index contributed by atoms with van der Waals surface area (Å²) in [5.41, 5.74) is 1.02. The number of likely N-dealkylation sites (N-methyl/N-ethyl adjacent to an activating group) is 1. The van der Waals surface area contributed by atoms with Gasteiger partial charge in [0, 0.05) is 43.1 Å². The third-order valence-electron chi connectivity index (χ3n) is 3.93. The fraction of sp³-hybridized carbons (Fsp3) is 0.400. The van der Waals surface area contributed by atoms with Crippen molar-refractivity contribution in [2.75, 3.05) is 45.2 Å². The van der Waals surface area contributed by atoms with Crippen LogP contribution in [-0.4, -0.2) is 50.2 Å². The van der Waals surface area contributed by atoms with Crippen molar-refractivity contribution in [2.45, 2.75) is 0 Å². The van der Waals surface area contributed by atoms with E-state index < -0.39 is 0 Å². The van der Waals surface area contributed by atoms with Gasteiger partial charge in [-0.05, 0) is 25.2 Å². The van der Waals surface area contributed by atoms with Crippen molar-refractivity contribution in [3.8, 4) is 5.75 Å². The maximum absolute atomic E-state index is 11.9. The van der Waals surface area contributed by atoms with E-state index in [-0.39, 0.29) is 5.56 Å². The van der Waals surface area contributed by atoms with E-state index in [1.807, 2.05) is 24.4 Å². The zero-order valence-corrected chi connectivity index (χ0v) is 11.8. The lowest BCUT2D eigenvalue weighted by Gasteiger charge is -2.34. The Morgan fingerprint density at radius 3 is 2.60 bits per heavy atom. The molecule has 0 unspecified atom stereocenters. The molecule has 1 fully saturated rings. The molecular formula is C15H19N3O2. The number of pyridine rings is 1. The van der Waals surface area contributed by atoms with Crippen LogP contribution in [-0.2, 0) is 0 Å². The third kappa shape index (κ3) is 2.25. The lowest BCUT2D eigenvalue weighted by molar-refractivity contribution is 0.313. The molecule has 3 rings (SSSR count). The summed E-state index contributed by atoms with van der Waals surface area (Å²) in [6.07, 6.45) is 1.81. The van der Waals surface area contributed by atoms with E-state index in [4.69, 9.17) is 4.74 Å². The van der Waals surface area contributed by atoms with Crippen LogP contribution in [0.2, 0.25) is 0 Å². The summed E-state index contributed by atoms with van der Waals surface area (Å²) in [7, 11) is 3.77. The largest absolute Gasteiger partial charge is 0.497 e. The predicted molar refractivity (Wildman–Crippen MR) is 80.8 cm³/mol. The van der Waals surface area contributed by atoms with Crippen molar-refractivity contribution in [3.63, 3.8) is 0 Å². The van der Waals surface area contributed by atoms with Gasteiger partial charge in [-0.25, -0.2) is 0 Å². The van der Waals surface area contributed by atoms with Crippen LogP contribution in [0.1, 0.15) is 0 Å². The SMILES string of the molecule is COc1ccc2c(=O)[nH]cc(N3CCN(C)CC3)c2c1. The fourth-order valence-electron chi connectivity index (χ4n) is 2.66. The number of nitrogens with zero attached hydrogens (tertiary/aromatic N) is 2. The Morgan fingerprint density at radius 1 is 1.15 bits per heavy atom. The van der Waals surface area contributed by atoms with Gasteiger partial charge in [-0.3, -0.25) is 4.79 Å². The van der Waals surface area contributed by atoms with E-state index in [9.17, 15) is 4.79 Å². The summed E-state index contributed by atoms with van der Waals surface area (Å²) in [6, 6.07) is 5.59. The molecule has 0 radical (unpaired) electrons. The summed E-state index contributed by atoms with van der Waals surface area (Å²) < 4.78 is 5.28. The second-order valence-electron chi connectivity index (χ2n) is 5.20. The number of methoxy groups -OCH3 is 1. The Bertz CT molecular complexity index is 672. The summed E-state index contributed by atoms with van der Waals surface area (Å²) in [6.45, 7) is 4.00. The Balaban J connectivity index is 2.10. The Morgan fingerprint density at radius 2 is 1.90 bits per heavy atom. The molecule has 1 saturated heterocycles. The van der Waals surface area contributed by atoms with Crippen LogP contribution in [0.3, 0.4) is 0 Å². The highest BCUT2D eigenvalue weighted by Crippen LogP contribution is 2.28. The summed E-state index contributed by atoms with van der Waals surface area (Å²) in [5, 5.41) is 1.67. The minimum Gasteiger partial charge on any atom is -0.497 e. The maximum atomic E-state index is 11.9. The molecule has 106 valence electrons. The first-order valence-electron chi connectivity index (χ1n) is 6.82. The van der Waals surface area contributed by atoms with Crippen LogP contribution in [0.5, 0.6) is 5.75 Å². The summed E-state index contributed by atoms with van der Waals surface area (Å²) in [4.78, 5) is 19.4.